The number of hydrogen-bond donors (Lipinski definition) is 2. The van der Waals surface area contributed by atoms with E-state index >= 15 is 0 Å². The average Bonchev–Trinajstić information content (AvgIpc) is 2.63. The Morgan fingerprint density at radius 2 is 1.94 bits per heavy atom. The van der Waals surface area contributed by atoms with Crippen LogP contribution < -0.4 is 5.73 Å². The first-order chi connectivity index (χ1) is 15.1. The van der Waals surface area contributed by atoms with Gasteiger partial charge >= 0.3 is 6.09 Å². The van der Waals surface area contributed by atoms with Crippen LogP contribution in [0.5, 0.6) is 0 Å². The molecule has 0 radical (unpaired) electrons. The molecule has 1 aromatic rings. The van der Waals surface area contributed by atoms with Crippen LogP contribution in [0, 0.1) is 11.2 Å². The highest BCUT2D eigenvalue weighted by Crippen LogP contribution is 2.28. The molecule has 0 aromatic heterocycles. The molecule has 0 aliphatic carbocycles. The Hall–Kier alpha value is -1.26. The van der Waals surface area contributed by atoms with E-state index in [0.29, 0.717) is 16.6 Å². The molecular weight excluding hydrogens is 495 g/mol. The molecule has 1 saturated heterocycles. The van der Waals surface area contributed by atoms with Crippen molar-refractivity contribution >= 4 is 22.0 Å². The number of morpholine rings is 1. The van der Waals surface area contributed by atoms with E-state index < -0.39 is 48.0 Å². The van der Waals surface area contributed by atoms with Gasteiger partial charge in [0.1, 0.15) is 11.4 Å². The summed E-state index contributed by atoms with van der Waals surface area (Å²) < 4.78 is 31.8. The number of aliphatic hydroxyl groups excluding tert-OH is 1. The van der Waals surface area contributed by atoms with Crippen molar-refractivity contribution < 1.29 is 28.5 Å². The van der Waals surface area contributed by atoms with Gasteiger partial charge < -0.3 is 25.1 Å². The molecule has 188 valence electrons. The van der Waals surface area contributed by atoms with Gasteiger partial charge in [0.2, 0.25) is 0 Å². The third-order valence-corrected chi connectivity index (χ3v) is 5.59. The van der Waals surface area contributed by atoms with E-state index in [1.165, 1.54) is 17.0 Å². The molecule has 2 rings (SSSR count). The van der Waals surface area contributed by atoms with Crippen LogP contribution in [0.4, 0.5) is 9.18 Å². The summed E-state index contributed by atoms with van der Waals surface area (Å²) in [4.78, 5) is 14.6. The molecule has 1 aromatic carbocycles. The molecule has 0 spiro atoms. The zero-order valence-corrected chi connectivity index (χ0v) is 22.2. The second-order valence-electron chi connectivity index (χ2n) is 10.9. The van der Waals surface area contributed by atoms with Gasteiger partial charge in [-0.15, -0.1) is 0 Å². The number of ether oxygens (including phenoxy) is 3. The second-order valence-corrected chi connectivity index (χ2v) is 11.8. The molecule has 0 saturated carbocycles. The van der Waals surface area contributed by atoms with Gasteiger partial charge in [-0.1, -0.05) is 36.7 Å². The summed E-state index contributed by atoms with van der Waals surface area (Å²) in [6, 6.07) is 2.43. The summed E-state index contributed by atoms with van der Waals surface area (Å²) in [5.74, 6) is -0.398. The van der Waals surface area contributed by atoms with E-state index in [0.717, 1.165) is 0 Å². The molecule has 1 aliphatic heterocycles. The number of carbonyl (C=O) groups is 1. The lowest BCUT2D eigenvalue weighted by atomic mass is 9.94. The normalized spacial score (nSPS) is 23.8. The van der Waals surface area contributed by atoms with E-state index in [2.05, 4.69) is 15.9 Å². The fourth-order valence-corrected chi connectivity index (χ4v) is 4.16. The molecule has 3 N–H and O–H groups in total. The molecule has 9 heteroatoms. The summed E-state index contributed by atoms with van der Waals surface area (Å²) >= 11 is 3.27. The lowest BCUT2D eigenvalue weighted by molar-refractivity contribution is -0.233. The van der Waals surface area contributed by atoms with Crippen LogP contribution in [-0.2, 0) is 20.6 Å². The van der Waals surface area contributed by atoms with Crippen molar-refractivity contribution in [2.75, 3.05) is 13.2 Å². The minimum atomic E-state index is -1.13. The van der Waals surface area contributed by atoms with Crippen molar-refractivity contribution in [2.24, 2.45) is 11.1 Å². The molecule has 7 nitrogen and oxygen atoms in total. The largest absolute Gasteiger partial charge is 0.444 e. The zero-order valence-electron chi connectivity index (χ0n) is 20.6. The van der Waals surface area contributed by atoms with E-state index in [1.807, 2.05) is 20.8 Å². The lowest BCUT2D eigenvalue weighted by Gasteiger charge is -2.47. The van der Waals surface area contributed by atoms with Crippen LogP contribution in [0.25, 0.3) is 0 Å². The summed E-state index contributed by atoms with van der Waals surface area (Å²) in [6.07, 6.45) is -2.16. The maximum absolute atomic E-state index is 13.8. The first kappa shape index (κ1) is 28.0. The van der Waals surface area contributed by atoms with Crippen molar-refractivity contribution in [2.45, 2.75) is 91.0 Å². The predicted octanol–water partition coefficient (Wildman–Crippen LogP) is 4.23. The quantitative estimate of drug-likeness (QED) is 0.569. The molecule has 1 aliphatic rings. The molecule has 33 heavy (non-hydrogen) atoms. The first-order valence-corrected chi connectivity index (χ1v) is 12.0. The molecule has 1 amide bonds. The molecule has 1 fully saturated rings. The molecule has 0 bridgehead atoms. The smallest absolute Gasteiger partial charge is 0.411 e. The Morgan fingerprint density at radius 3 is 2.48 bits per heavy atom. The van der Waals surface area contributed by atoms with E-state index in [-0.39, 0.29) is 18.4 Å². The molecule has 5 atom stereocenters. The highest BCUT2D eigenvalue weighted by Gasteiger charge is 2.45. The minimum absolute atomic E-state index is 0.0279. The van der Waals surface area contributed by atoms with Crippen LogP contribution in [0.1, 0.15) is 54.0 Å². The Morgan fingerprint density at radius 1 is 1.30 bits per heavy atom. The third-order valence-electron chi connectivity index (χ3n) is 5.13. The Balaban J connectivity index is 2.23. The van der Waals surface area contributed by atoms with Gasteiger partial charge in [0.15, 0.2) is 6.29 Å². The van der Waals surface area contributed by atoms with Gasteiger partial charge in [-0.25, -0.2) is 9.18 Å². The number of hydrogen-bond acceptors (Lipinski definition) is 6. The fourth-order valence-electron chi connectivity index (χ4n) is 3.65. The van der Waals surface area contributed by atoms with Crippen LogP contribution in [0.2, 0.25) is 0 Å². The monoisotopic (exact) mass is 532 g/mol. The number of rotatable bonds is 6. The first-order valence-electron chi connectivity index (χ1n) is 11.2. The molecule has 1 heterocycles. The Bertz CT molecular complexity index is 791. The number of halogens is 2. The highest BCUT2D eigenvalue weighted by molar-refractivity contribution is 9.10. The summed E-state index contributed by atoms with van der Waals surface area (Å²) in [5, 5.41) is 11.1. The number of amides is 1. The van der Waals surface area contributed by atoms with Gasteiger partial charge in [0.25, 0.3) is 0 Å². The van der Waals surface area contributed by atoms with Crippen LogP contribution in [-0.4, -0.2) is 65.4 Å². The highest BCUT2D eigenvalue weighted by atomic mass is 79.9. The number of nitrogens with zero attached hydrogens (tertiary/aromatic N) is 1. The lowest BCUT2D eigenvalue weighted by Crippen LogP contribution is -2.65. The van der Waals surface area contributed by atoms with Crippen molar-refractivity contribution in [3.63, 3.8) is 0 Å². The number of benzene rings is 1. The Labute approximate surface area is 204 Å². The summed E-state index contributed by atoms with van der Waals surface area (Å²) in [6.45, 7) is 13.7. The van der Waals surface area contributed by atoms with Gasteiger partial charge in [-0.05, 0) is 63.3 Å². The summed E-state index contributed by atoms with van der Waals surface area (Å²) in [5.41, 5.74) is 6.14. The zero-order chi connectivity index (χ0) is 25.1. The van der Waals surface area contributed by atoms with Crippen LogP contribution >= 0.6 is 15.9 Å². The van der Waals surface area contributed by atoms with Gasteiger partial charge in [-0.3, -0.25) is 4.90 Å². The third kappa shape index (κ3) is 8.47. The van der Waals surface area contributed by atoms with Crippen molar-refractivity contribution in [3.8, 4) is 0 Å². The number of aliphatic hydroxyl groups is 1. The van der Waals surface area contributed by atoms with Crippen LogP contribution in [0.3, 0.4) is 0 Å². The SMILES string of the molecule is CC1C(OCC(C)(C)C)OCC(C(O)C(N)Cc2cc(F)cc(Br)c2)N1C(=O)OC(C)(C)C. The van der Waals surface area contributed by atoms with E-state index in [1.54, 1.807) is 33.8 Å². The summed E-state index contributed by atoms with van der Waals surface area (Å²) in [7, 11) is 0. The van der Waals surface area contributed by atoms with Crippen LogP contribution in [0.15, 0.2) is 22.7 Å². The number of nitrogens with two attached hydrogens (primary N) is 1. The molecular formula is C24H38BrFN2O5. The molecule has 5 unspecified atom stereocenters. The standard InChI is InChI=1S/C24H38BrFN2O5/c1-14-21(32-13-23(2,3)4)31-12-19(28(14)22(30)33-24(5,6)7)20(29)18(27)10-15-8-16(25)11-17(26)9-15/h8-9,11,14,18-21,29H,10,12-13,27H2,1-7H3. The van der Waals surface area contributed by atoms with E-state index in [9.17, 15) is 14.3 Å². The Kier molecular flexibility index (Phi) is 9.32. The van der Waals surface area contributed by atoms with E-state index in [4.69, 9.17) is 19.9 Å². The average molecular weight is 533 g/mol. The van der Waals surface area contributed by atoms with Gasteiger partial charge in [0, 0.05) is 10.5 Å². The maximum Gasteiger partial charge on any atom is 0.411 e. The van der Waals surface area contributed by atoms with Crippen molar-refractivity contribution in [1.82, 2.24) is 4.90 Å². The second kappa shape index (κ2) is 11.0. The topological polar surface area (TPSA) is 94.2 Å². The van der Waals surface area contributed by atoms with Crippen molar-refractivity contribution in [1.29, 1.82) is 0 Å². The fraction of sp³-hybridized carbons (Fsp3) is 0.708. The number of carbonyl (C=O) groups excluding carboxylic acids is 1. The van der Waals surface area contributed by atoms with Gasteiger partial charge in [0.05, 0.1) is 31.4 Å². The van der Waals surface area contributed by atoms with Gasteiger partial charge in [-0.2, -0.15) is 0 Å². The van der Waals surface area contributed by atoms with Crippen molar-refractivity contribution in [3.05, 3.63) is 34.1 Å². The maximum atomic E-state index is 13.8. The minimum Gasteiger partial charge on any atom is -0.444 e. The predicted molar refractivity (Wildman–Crippen MR) is 128 cm³/mol.